The van der Waals surface area contributed by atoms with Crippen molar-refractivity contribution in [3.8, 4) is 5.69 Å². The molecule has 1 amide bonds. The fourth-order valence-corrected chi connectivity index (χ4v) is 2.50. The monoisotopic (exact) mass is 355 g/mol. The zero-order valence-corrected chi connectivity index (χ0v) is 13.2. The molecule has 10 heteroatoms. The number of nitrogens with zero attached hydrogens (tertiary/aromatic N) is 4. The molecule has 2 aromatic rings. The van der Waals surface area contributed by atoms with Crippen molar-refractivity contribution in [1.29, 1.82) is 0 Å². The molecule has 1 aromatic heterocycles. The molecule has 7 nitrogen and oxygen atoms in total. The Morgan fingerprint density at radius 3 is 2.68 bits per heavy atom. The van der Waals surface area contributed by atoms with Crippen LogP contribution in [0, 0.1) is 0 Å². The number of ether oxygens (including phenoxy) is 1. The third-order valence-corrected chi connectivity index (χ3v) is 3.73. The maximum Gasteiger partial charge on any atom is 0.416 e. The minimum Gasteiger partial charge on any atom is -0.379 e. The standard InChI is InChI=1S/C15H16F3N5O2/c16-15(17,18)11-1-2-13(23-10-19-9-20-23)12(7-11)21-14(24)8-22-3-5-25-6-4-22/h1-2,7,9-10H,3-6,8H2,(H,21,24). The zero-order valence-electron chi connectivity index (χ0n) is 13.2. The summed E-state index contributed by atoms with van der Waals surface area (Å²) in [5.41, 5.74) is -0.516. The second-order valence-electron chi connectivity index (χ2n) is 5.51. The summed E-state index contributed by atoms with van der Waals surface area (Å²) in [5, 5.41) is 6.46. The van der Waals surface area contributed by atoms with Gasteiger partial charge in [0.1, 0.15) is 12.7 Å². The van der Waals surface area contributed by atoms with E-state index in [1.54, 1.807) is 0 Å². The fraction of sp³-hybridized carbons (Fsp3) is 0.400. The molecule has 0 atom stereocenters. The first kappa shape index (κ1) is 17.4. The van der Waals surface area contributed by atoms with E-state index in [-0.39, 0.29) is 12.2 Å². The van der Waals surface area contributed by atoms with E-state index in [0.29, 0.717) is 32.0 Å². The van der Waals surface area contributed by atoms with Gasteiger partial charge in [0.2, 0.25) is 5.91 Å². The zero-order chi connectivity index (χ0) is 17.9. The van der Waals surface area contributed by atoms with Crippen LogP contribution in [-0.2, 0) is 15.7 Å². The van der Waals surface area contributed by atoms with Crippen molar-refractivity contribution in [3.63, 3.8) is 0 Å². The van der Waals surface area contributed by atoms with Gasteiger partial charge in [0.05, 0.1) is 36.7 Å². The highest BCUT2D eigenvalue weighted by atomic mass is 19.4. The van der Waals surface area contributed by atoms with Crippen molar-refractivity contribution < 1.29 is 22.7 Å². The summed E-state index contributed by atoms with van der Waals surface area (Å²) in [6.07, 6.45) is -1.90. The lowest BCUT2D eigenvalue weighted by molar-refractivity contribution is -0.137. The van der Waals surface area contributed by atoms with Crippen molar-refractivity contribution >= 4 is 11.6 Å². The quantitative estimate of drug-likeness (QED) is 0.901. The Hall–Kier alpha value is -2.46. The third kappa shape index (κ3) is 4.34. The van der Waals surface area contributed by atoms with Gasteiger partial charge in [-0.3, -0.25) is 9.69 Å². The predicted octanol–water partition coefficient (Wildman–Crippen LogP) is 1.56. The second kappa shape index (κ2) is 7.19. The van der Waals surface area contributed by atoms with Crippen LogP contribution in [0.2, 0.25) is 0 Å². The van der Waals surface area contributed by atoms with Crippen LogP contribution in [0.15, 0.2) is 30.9 Å². The number of rotatable bonds is 4. The van der Waals surface area contributed by atoms with Crippen LogP contribution in [0.4, 0.5) is 18.9 Å². The van der Waals surface area contributed by atoms with Gasteiger partial charge < -0.3 is 10.1 Å². The molecule has 0 spiro atoms. The molecular formula is C15H16F3N5O2. The van der Waals surface area contributed by atoms with Crippen molar-refractivity contribution in [2.75, 3.05) is 38.2 Å². The van der Waals surface area contributed by atoms with E-state index in [2.05, 4.69) is 15.4 Å². The first-order valence-corrected chi connectivity index (χ1v) is 7.60. The molecule has 1 aliphatic heterocycles. The van der Waals surface area contributed by atoms with Gasteiger partial charge in [-0.15, -0.1) is 0 Å². The molecule has 1 aliphatic rings. The van der Waals surface area contributed by atoms with Crippen molar-refractivity contribution in [2.24, 2.45) is 0 Å². The van der Waals surface area contributed by atoms with Gasteiger partial charge in [0.25, 0.3) is 0 Å². The average molecular weight is 355 g/mol. The lowest BCUT2D eigenvalue weighted by Crippen LogP contribution is -2.41. The number of nitrogens with one attached hydrogen (secondary N) is 1. The maximum absolute atomic E-state index is 13.0. The second-order valence-corrected chi connectivity index (χ2v) is 5.51. The molecule has 0 saturated carbocycles. The Morgan fingerprint density at radius 1 is 1.28 bits per heavy atom. The molecule has 0 radical (unpaired) electrons. The summed E-state index contributed by atoms with van der Waals surface area (Å²) in [7, 11) is 0. The Morgan fingerprint density at radius 2 is 2.04 bits per heavy atom. The lowest BCUT2D eigenvalue weighted by Gasteiger charge is -2.26. The summed E-state index contributed by atoms with van der Waals surface area (Å²) in [5.74, 6) is -0.400. The highest BCUT2D eigenvalue weighted by molar-refractivity contribution is 5.94. The lowest BCUT2D eigenvalue weighted by atomic mass is 10.1. The Kier molecular flexibility index (Phi) is 5.00. The van der Waals surface area contributed by atoms with Gasteiger partial charge in [-0.05, 0) is 18.2 Å². The predicted molar refractivity (Wildman–Crippen MR) is 82.2 cm³/mol. The summed E-state index contributed by atoms with van der Waals surface area (Å²) < 4.78 is 45.4. The van der Waals surface area contributed by atoms with Gasteiger partial charge in [0.15, 0.2) is 0 Å². The summed E-state index contributed by atoms with van der Waals surface area (Å²) in [6.45, 7) is 2.34. The number of anilines is 1. The normalized spacial score (nSPS) is 16.0. The minimum atomic E-state index is -4.51. The molecule has 0 unspecified atom stereocenters. The molecule has 0 aliphatic carbocycles. The van der Waals surface area contributed by atoms with Crippen LogP contribution in [0.5, 0.6) is 0 Å². The van der Waals surface area contributed by atoms with Crippen LogP contribution in [0.25, 0.3) is 5.69 Å². The van der Waals surface area contributed by atoms with E-state index in [1.807, 2.05) is 4.90 Å². The highest BCUT2D eigenvalue weighted by Gasteiger charge is 2.31. The molecule has 1 N–H and O–H groups in total. The number of hydrogen-bond acceptors (Lipinski definition) is 5. The van der Waals surface area contributed by atoms with Crippen molar-refractivity contribution in [3.05, 3.63) is 36.4 Å². The van der Waals surface area contributed by atoms with Gasteiger partial charge in [-0.25, -0.2) is 9.67 Å². The van der Waals surface area contributed by atoms with Crippen LogP contribution in [0.3, 0.4) is 0 Å². The number of amides is 1. The Balaban J connectivity index is 1.82. The highest BCUT2D eigenvalue weighted by Crippen LogP contribution is 2.33. The minimum absolute atomic E-state index is 0.0265. The largest absolute Gasteiger partial charge is 0.416 e. The SMILES string of the molecule is O=C(CN1CCOCC1)Nc1cc(C(F)(F)F)ccc1-n1cncn1. The fourth-order valence-electron chi connectivity index (χ4n) is 2.50. The van der Waals surface area contributed by atoms with Crippen LogP contribution >= 0.6 is 0 Å². The number of alkyl halides is 3. The molecular weight excluding hydrogens is 339 g/mol. The van der Waals surface area contributed by atoms with E-state index in [9.17, 15) is 18.0 Å². The topological polar surface area (TPSA) is 72.3 Å². The number of hydrogen-bond donors (Lipinski definition) is 1. The first-order chi connectivity index (χ1) is 11.9. The Labute approximate surface area is 141 Å². The molecule has 1 aromatic carbocycles. The summed E-state index contributed by atoms with van der Waals surface area (Å²) >= 11 is 0. The maximum atomic E-state index is 13.0. The number of carbonyl (C=O) groups excluding carboxylic acids is 1. The molecule has 1 fully saturated rings. The Bertz CT molecular complexity index is 727. The summed E-state index contributed by atoms with van der Waals surface area (Å²) in [6, 6.07) is 3.09. The van der Waals surface area contributed by atoms with Crippen molar-refractivity contribution in [1.82, 2.24) is 19.7 Å². The van der Waals surface area contributed by atoms with Gasteiger partial charge in [-0.2, -0.15) is 18.3 Å². The molecule has 1 saturated heterocycles. The van der Waals surface area contributed by atoms with Crippen LogP contribution in [0.1, 0.15) is 5.56 Å². The van der Waals surface area contributed by atoms with E-state index in [0.717, 1.165) is 12.1 Å². The summed E-state index contributed by atoms with van der Waals surface area (Å²) in [4.78, 5) is 17.9. The van der Waals surface area contributed by atoms with E-state index in [4.69, 9.17) is 4.74 Å². The van der Waals surface area contributed by atoms with E-state index in [1.165, 1.54) is 23.4 Å². The first-order valence-electron chi connectivity index (χ1n) is 7.60. The molecule has 0 bridgehead atoms. The van der Waals surface area contributed by atoms with E-state index < -0.39 is 17.6 Å². The van der Waals surface area contributed by atoms with E-state index >= 15 is 0 Å². The molecule has 25 heavy (non-hydrogen) atoms. The molecule has 2 heterocycles. The number of halogens is 3. The number of benzene rings is 1. The third-order valence-electron chi connectivity index (χ3n) is 3.73. The smallest absolute Gasteiger partial charge is 0.379 e. The number of morpholine rings is 1. The number of aromatic nitrogens is 3. The molecule has 134 valence electrons. The number of carbonyl (C=O) groups is 1. The van der Waals surface area contributed by atoms with Gasteiger partial charge >= 0.3 is 6.18 Å². The van der Waals surface area contributed by atoms with Gasteiger partial charge in [-0.1, -0.05) is 0 Å². The molecule has 3 rings (SSSR count). The van der Waals surface area contributed by atoms with Gasteiger partial charge in [0, 0.05) is 13.1 Å². The van der Waals surface area contributed by atoms with Crippen LogP contribution in [-0.4, -0.2) is 58.4 Å². The van der Waals surface area contributed by atoms with Crippen LogP contribution < -0.4 is 5.32 Å². The average Bonchev–Trinajstić information content (AvgIpc) is 3.09. The van der Waals surface area contributed by atoms with Crippen molar-refractivity contribution in [2.45, 2.75) is 6.18 Å².